The van der Waals surface area contributed by atoms with E-state index in [-0.39, 0.29) is 18.0 Å². The van der Waals surface area contributed by atoms with Crippen LogP contribution < -0.4 is 4.74 Å². The highest BCUT2D eigenvalue weighted by molar-refractivity contribution is 9.11. The second kappa shape index (κ2) is 6.89. The maximum absolute atomic E-state index is 13.6. The quantitative estimate of drug-likeness (QED) is 0.635. The highest BCUT2D eigenvalue weighted by Gasteiger charge is 2.13. The Morgan fingerprint density at radius 1 is 1.14 bits per heavy atom. The number of carboxylic acids is 1. The molecule has 3 nitrogen and oxygen atoms in total. The van der Waals surface area contributed by atoms with E-state index in [1.54, 1.807) is 12.1 Å². The molecule has 0 amide bonds. The van der Waals surface area contributed by atoms with Gasteiger partial charge in [-0.2, -0.15) is 0 Å². The number of rotatable bonds is 4. The minimum absolute atomic E-state index is 0.0227. The van der Waals surface area contributed by atoms with Gasteiger partial charge in [-0.3, -0.25) is 0 Å². The van der Waals surface area contributed by atoms with Gasteiger partial charge in [0.1, 0.15) is 18.2 Å². The maximum Gasteiger partial charge on any atom is 0.335 e. The Bertz CT molecular complexity index is 681. The summed E-state index contributed by atoms with van der Waals surface area (Å²) in [4.78, 5) is 10.9. The molecular formula is C14H8Br3FO3. The lowest BCUT2D eigenvalue weighted by Gasteiger charge is -2.12. The van der Waals surface area contributed by atoms with Gasteiger partial charge < -0.3 is 9.84 Å². The molecule has 0 aliphatic heterocycles. The molecule has 110 valence electrons. The predicted octanol–water partition coefficient (Wildman–Crippen LogP) is 5.39. The van der Waals surface area contributed by atoms with E-state index in [4.69, 9.17) is 9.84 Å². The van der Waals surface area contributed by atoms with Gasteiger partial charge in [-0.15, -0.1) is 0 Å². The summed E-state index contributed by atoms with van der Waals surface area (Å²) in [5.74, 6) is -0.993. The number of ether oxygens (including phenoxy) is 1. The molecule has 0 spiro atoms. The Morgan fingerprint density at radius 2 is 1.76 bits per heavy atom. The average Bonchev–Trinajstić information content (AvgIpc) is 2.41. The number of aromatic carboxylic acids is 1. The largest absolute Gasteiger partial charge is 0.486 e. The van der Waals surface area contributed by atoms with Gasteiger partial charge in [0.15, 0.2) is 0 Å². The summed E-state index contributed by atoms with van der Waals surface area (Å²) >= 11 is 9.77. The van der Waals surface area contributed by atoms with E-state index < -0.39 is 5.97 Å². The zero-order chi connectivity index (χ0) is 15.6. The van der Waals surface area contributed by atoms with E-state index >= 15 is 0 Å². The molecule has 0 radical (unpaired) electrons. The van der Waals surface area contributed by atoms with Crippen LogP contribution in [0.15, 0.2) is 43.7 Å². The molecule has 0 bridgehead atoms. The molecule has 0 heterocycles. The second-order valence-corrected chi connectivity index (χ2v) is 6.72. The zero-order valence-electron chi connectivity index (χ0n) is 10.4. The lowest BCUT2D eigenvalue weighted by atomic mass is 10.2. The molecule has 2 aromatic carbocycles. The van der Waals surface area contributed by atoms with Crippen molar-refractivity contribution in [2.75, 3.05) is 0 Å². The molecule has 7 heteroatoms. The van der Waals surface area contributed by atoms with Crippen LogP contribution >= 0.6 is 47.8 Å². The van der Waals surface area contributed by atoms with Gasteiger partial charge in [-0.05, 0) is 62.2 Å². The Morgan fingerprint density at radius 3 is 2.33 bits per heavy atom. The lowest BCUT2D eigenvalue weighted by Crippen LogP contribution is -2.02. The minimum atomic E-state index is -1.04. The van der Waals surface area contributed by atoms with Gasteiger partial charge >= 0.3 is 5.97 Å². The fourth-order valence-electron chi connectivity index (χ4n) is 1.63. The van der Waals surface area contributed by atoms with E-state index in [1.807, 2.05) is 0 Å². The first-order chi connectivity index (χ1) is 9.88. The molecule has 0 atom stereocenters. The highest BCUT2D eigenvalue weighted by atomic mass is 79.9. The fraction of sp³-hybridized carbons (Fsp3) is 0.0714. The maximum atomic E-state index is 13.6. The summed E-state index contributed by atoms with van der Waals surface area (Å²) in [5.41, 5.74) is 0.514. The van der Waals surface area contributed by atoms with Gasteiger partial charge in [0.05, 0.1) is 14.5 Å². The predicted molar refractivity (Wildman–Crippen MR) is 87.2 cm³/mol. The molecule has 0 unspecified atom stereocenters. The molecule has 0 aliphatic carbocycles. The molecule has 21 heavy (non-hydrogen) atoms. The molecule has 2 rings (SSSR count). The van der Waals surface area contributed by atoms with Crippen molar-refractivity contribution in [1.29, 1.82) is 0 Å². The first kappa shape index (κ1) is 16.5. The number of carbonyl (C=O) groups is 1. The van der Waals surface area contributed by atoms with Crippen molar-refractivity contribution in [1.82, 2.24) is 0 Å². The molecule has 0 saturated heterocycles. The number of benzene rings is 2. The van der Waals surface area contributed by atoms with Crippen molar-refractivity contribution in [3.63, 3.8) is 0 Å². The van der Waals surface area contributed by atoms with Crippen LogP contribution in [0, 0.1) is 5.82 Å². The standard InChI is InChI=1S/C14H8Br3FO3/c15-9-1-2-12(18)8(3-9)6-21-13-10(16)4-7(14(19)20)5-11(13)17/h1-5H,6H2,(H,19,20). The third kappa shape index (κ3) is 4.05. The van der Waals surface area contributed by atoms with Crippen LogP contribution in [0.4, 0.5) is 4.39 Å². The first-order valence-corrected chi connectivity index (χ1v) is 8.05. The average molecular weight is 483 g/mol. The number of carboxylic acid groups (broad SMARTS) is 1. The summed E-state index contributed by atoms with van der Waals surface area (Å²) in [6, 6.07) is 7.44. The Hall–Kier alpha value is -0.920. The van der Waals surface area contributed by atoms with Gasteiger partial charge in [-0.25, -0.2) is 9.18 Å². The lowest BCUT2D eigenvalue weighted by molar-refractivity contribution is 0.0696. The van der Waals surface area contributed by atoms with Gasteiger partial charge in [0.25, 0.3) is 0 Å². The van der Waals surface area contributed by atoms with Crippen molar-refractivity contribution >= 4 is 53.8 Å². The molecule has 0 aliphatic rings. The molecule has 0 saturated carbocycles. The first-order valence-electron chi connectivity index (χ1n) is 5.67. The van der Waals surface area contributed by atoms with E-state index in [2.05, 4.69) is 47.8 Å². The van der Waals surface area contributed by atoms with Gasteiger partial charge in [0, 0.05) is 10.0 Å². The van der Waals surface area contributed by atoms with Crippen LogP contribution in [0.3, 0.4) is 0 Å². The Balaban J connectivity index is 2.24. The Kier molecular flexibility index (Phi) is 5.40. The number of halogens is 4. The van der Waals surface area contributed by atoms with Crippen molar-refractivity contribution in [2.24, 2.45) is 0 Å². The van der Waals surface area contributed by atoms with Crippen molar-refractivity contribution in [3.05, 3.63) is 60.7 Å². The third-order valence-corrected chi connectivity index (χ3v) is 4.30. The third-order valence-electron chi connectivity index (χ3n) is 2.63. The Labute approximate surface area is 145 Å². The summed E-state index contributed by atoms with van der Waals surface area (Å²) in [5, 5.41) is 8.96. The topological polar surface area (TPSA) is 46.5 Å². The summed E-state index contributed by atoms with van der Waals surface area (Å²) in [6.45, 7) is 0.0227. The normalized spacial score (nSPS) is 10.5. The summed E-state index contributed by atoms with van der Waals surface area (Å²) in [6.07, 6.45) is 0. The SMILES string of the molecule is O=C(O)c1cc(Br)c(OCc2cc(Br)ccc2F)c(Br)c1. The van der Waals surface area contributed by atoms with E-state index in [0.717, 1.165) is 4.47 Å². The second-order valence-electron chi connectivity index (χ2n) is 4.10. The van der Waals surface area contributed by atoms with Crippen LogP contribution in [-0.4, -0.2) is 11.1 Å². The smallest absolute Gasteiger partial charge is 0.335 e. The molecule has 0 aromatic heterocycles. The fourth-order valence-corrected chi connectivity index (χ4v) is 3.45. The summed E-state index contributed by atoms with van der Waals surface area (Å²) in [7, 11) is 0. The van der Waals surface area contributed by atoms with Crippen molar-refractivity contribution < 1.29 is 19.0 Å². The summed E-state index contributed by atoms with van der Waals surface area (Å²) < 4.78 is 20.9. The van der Waals surface area contributed by atoms with Crippen LogP contribution in [0.2, 0.25) is 0 Å². The molecule has 1 N–H and O–H groups in total. The van der Waals surface area contributed by atoms with E-state index in [0.29, 0.717) is 20.3 Å². The van der Waals surface area contributed by atoms with E-state index in [9.17, 15) is 9.18 Å². The van der Waals surface area contributed by atoms with Crippen molar-refractivity contribution in [2.45, 2.75) is 6.61 Å². The highest BCUT2D eigenvalue weighted by Crippen LogP contribution is 2.35. The minimum Gasteiger partial charge on any atom is -0.486 e. The van der Waals surface area contributed by atoms with E-state index in [1.165, 1.54) is 18.2 Å². The zero-order valence-corrected chi connectivity index (χ0v) is 15.1. The van der Waals surface area contributed by atoms with Crippen LogP contribution in [0.5, 0.6) is 5.75 Å². The van der Waals surface area contributed by atoms with Crippen LogP contribution in [-0.2, 0) is 6.61 Å². The molecule has 0 fully saturated rings. The van der Waals surface area contributed by atoms with Crippen LogP contribution in [0.25, 0.3) is 0 Å². The number of hydrogen-bond acceptors (Lipinski definition) is 2. The molecule has 2 aromatic rings. The number of hydrogen-bond donors (Lipinski definition) is 1. The van der Waals surface area contributed by atoms with Crippen molar-refractivity contribution in [3.8, 4) is 5.75 Å². The monoisotopic (exact) mass is 480 g/mol. The molecular weight excluding hydrogens is 475 g/mol. The van der Waals surface area contributed by atoms with Crippen LogP contribution in [0.1, 0.15) is 15.9 Å². The van der Waals surface area contributed by atoms with Gasteiger partial charge in [0.2, 0.25) is 0 Å². The van der Waals surface area contributed by atoms with Gasteiger partial charge in [-0.1, -0.05) is 15.9 Å².